The molecule has 5 nitrogen and oxygen atoms in total. The number of hydrogen-bond acceptors (Lipinski definition) is 4. The van der Waals surface area contributed by atoms with Crippen LogP contribution < -0.4 is 11.3 Å². The van der Waals surface area contributed by atoms with Crippen LogP contribution in [0.5, 0.6) is 0 Å². The molecule has 0 radical (unpaired) electrons. The average molecular weight is 299 g/mol. The molecule has 0 aliphatic rings. The largest absolute Gasteiger partial charge is 0.324 e. The lowest BCUT2D eigenvalue weighted by Crippen LogP contribution is -2.37. The second kappa shape index (κ2) is 7.61. The van der Waals surface area contributed by atoms with Gasteiger partial charge in [-0.05, 0) is 44.5 Å². The Morgan fingerprint density at radius 1 is 1.20 bits per heavy atom. The monoisotopic (exact) mass is 299 g/mol. The van der Waals surface area contributed by atoms with Gasteiger partial charge in [0.2, 0.25) is 10.0 Å². The third-order valence-corrected chi connectivity index (χ3v) is 5.28. The first-order valence-electron chi connectivity index (χ1n) is 7.02. The Kier molecular flexibility index (Phi) is 6.45. The molecule has 1 rings (SSSR count). The van der Waals surface area contributed by atoms with E-state index < -0.39 is 10.0 Å². The Morgan fingerprint density at radius 2 is 1.80 bits per heavy atom. The van der Waals surface area contributed by atoms with Crippen molar-refractivity contribution in [1.82, 2.24) is 4.31 Å². The Balaban J connectivity index is 2.96. The van der Waals surface area contributed by atoms with Gasteiger partial charge in [-0.25, -0.2) is 8.42 Å². The van der Waals surface area contributed by atoms with Crippen LogP contribution in [0.4, 0.5) is 5.69 Å². The van der Waals surface area contributed by atoms with E-state index in [4.69, 9.17) is 5.84 Å². The van der Waals surface area contributed by atoms with Gasteiger partial charge in [-0.15, -0.1) is 0 Å². The van der Waals surface area contributed by atoms with Crippen LogP contribution in [0.1, 0.15) is 40.0 Å². The summed E-state index contributed by atoms with van der Waals surface area (Å²) in [4.78, 5) is 0.307. The van der Waals surface area contributed by atoms with E-state index in [-0.39, 0.29) is 6.04 Å². The minimum Gasteiger partial charge on any atom is -0.324 e. The first-order valence-corrected chi connectivity index (χ1v) is 8.46. The van der Waals surface area contributed by atoms with Crippen LogP contribution in [-0.4, -0.2) is 25.3 Å². The summed E-state index contributed by atoms with van der Waals surface area (Å²) in [5.41, 5.74) is 3.18. The van der Waals surface area contributed by atoms with Gasteiger partial charge < -0.3 is 5.43 Å². The molecule has 0 aliphatic heterocycles. The molecule has 0 aromatic heterocycles. The highest BCUT2D eigenvalue weighted by Gasteiger charge is 2.26. The number of nitrogens with zero attached hydrogens (tertiary/aromatic N) is 1. The van der Waals surface area contributed by atoms with Gasteiger partial charge in [0.15, 0.2) is 0 Å². The van der Waals surface area contributed by atoms with Crippen molar-refractivity contribution < 1.29 is 8.42 Å². The molecule has 0 saturated heterocycles. The minimum atomic E-state index is -3.44. The summed E-state index contributed by atoms with van der Waals surface area (Å²) < 4.78 is 26.8. The molecule has 1 aromatic rings. The quantitative estimate of drug-likeness (QED) is 0.439. The zero-order valence-electron chi connectivity index (χ0n) is 12.5. The molecule has 6 heteroatoms. The van der Waals surface area contributed by atoms with Gasteiger partial charge in [0.25, 0.3) is 0 Å². The summed E-state index contributed by atoms with van der Waals surface area (Å²) >= 11 is 0. The Morgan fingerprint density at radius 3 is 2.25 bits per heavy atom. The zero-order valence-corrected chi connectivity index (χ0v) is 13.3. The molecule has 1 aromatic carbocycles. The Labute approximate surface area is 122 Å². The van der Waals surface area contributed by atoms with Crippen molar-refractivity contribution in [2.24, 2.45) is 5.84 Å². The third kappa shape index (κ3) is 4.19. The van der Waals surface area contributed by atoms with E-state index in [1.165, 1.54) is 0 Å². The smallest absolute Gasteiger partial charge is 0.243 e. The van der Waals surface area contributed by atoms with Crippen molar-refractivity contribution in [2.45, 2.75) is 51.0 Å². The molecule has 0 heterocycles. The fourth-order valence-electron chi connectivity index (χ4n) is 2.03. The third-order valence-electron chi connectivity index (χ3n) is 3.19. The van der Waals surface area contributed by atoms with Crippen molar-refractivity contribution in [3.05, 3.63) is 24.3 Å². The van der Waals surface area contributed by atoms with Gasteiger partial charge in [-0.2, -0.15) is 4.31 Å². The lowest BCUT2D eigenvalue weighted by molar-refractivity contribution is 0.345. The Bertz CT molecular complexity index is 498. The maximum Gasteiger partial charge on any atom is 0.243 e. The van der Waals surface area contributed by atoms with E-state index in [0.29, 0.717) is 17.1 Å². The number of nitrogens with one attached hydrogen (secondary N) is 1. The summed E-state index contributed by atoms with van der Waals surface area (Å²) in [5.74, 6) is 5.29. The number of rotatable bonds is 8. The number of nitrogen functional groups attached to an aromatic ring is 1. The molecule has 0 aliphatic carbocycles. The maximum absolute atomic E-state index is 12.6. The molecule has 0 unspecified atom stereocenters. The number of hydrogen-bond donors (Lipinski definition) is 2. The van der Waals surface area contributed by atoms with Crippen LogP contribution >= 0.6 is 0 Å². The molecule has 0 fully saturated rings. The summed E-state index contributed by atoms with van der Waals surface area (Å²) in [6.07, 6.45) is 2.99. The highest BCUT2D eigenvalue weighted by atomic mass is 32.2. The van der Waals surface area contributed by atoms with Crippen molar-refractivity contribution in [2.75, 3.05) is 12.0 Å². The average Bonchev–Trinajstić information content (AvgIpc) is 2.43. The molecule has 114 valence electrons. The minimum absolute atomic E-state index is 0.0517. The molecule has 0 atom stereocenters. The number of nitrogens with two attached hydrogens (primary N) is 1. The van der Waals surface area contributed by atoms with Crippen LogP contribution in [0, 0.1) is 0 Å². The second-order valence-corrected chi connectivity index (χ2v) is 6.98. The van der Waals surface area contributed by atoms with E-state index in [9.17, 15) is 8.42 Å². The van der Waals surface area contributed by atoms with Gasteiger partial charge in [0.05, 0.1) is 4.90 Å². The molecule has 20 heavy (non-hydrogen) atoms. The summed E-state index contributed by atoms with van der Waals surface area (Å²) in [6, 6.07) is 6.44. The number of anilines is 1. The van der Waals surface area contributed by atoms with Crippen LogP contribution in [0.3, 0.4) is 0 Å². The van der Waals surface area contributed by atoms with Gasteiger partial charge >= 0.3 is 0 Å². The van der Waals surface area contributed by atoms with Gasteiger partial charge in [0, 0.05) is 18.3 Å². The molecule has 0 bridgehead atoms. The van der Waals surface area contributed by atoms with Gasteiger partial charge in [0.1, 0.15) is 0 Å². The Hall–Kier alpha value is -1.11. The van der Waals surface area contributed by atoms with E-state index in [0.717, 1.165) is 19.3 Å². The van der Waals surface area contributed by atoms with Gasteiger partial charge in [-0.3, -0.25) is 5.84 Å². The number of unbranched alkanes of at least 4 members (excludes halogenated alkanes) is 2. The summed E-state index contributed by atoms with van der Waals surface area (Å²) in [7, 11) is -3.44. The molecule has 0 amide bonds. The standard InChI is InChI=1S/C14H25N3O2S/c1-4-5-6-11-17(12(2)3)20(18,19)14-9-7-13(16-15)8-10-14/h7-10,12,16H,4-6,11,15H2,1-3H3. The van der Waals surface area contributed by atoms with E-state index >= 15 is 0 Å². The highest BCUT2D eigenvalue weighted by Crippen LogP contribution is 2.20. The van der Waals surface area contributed by atoms with E-state index in [1.54, 1.807) is 28.6 Å². The number of sulfonamides is 1. The second-order valence-electron chi connectivity index (χ2n) is 5.09. The number of benzene rings is 1. The molecular formula is C14H25N3O2S. The van der Waals surface area contributed by atoms with Crippen molar-refractivity contribution in [3.8, 4) is 0 Å². The lowest BCUT2D eigenvalue weighted by Gasteiger charge is -2.26. The van der Waals surface area contributed by atoms with Crippen molar-refractivity contribution in [3.63, 3.8) is 0 Å². The maximum atomic E-state index is 12.6. The SMILES string of the molecule is CCCCCN(C(C)C)S(=O)(=O)c1ccc(NN)cc1. The van der Waals surface area contributed by atoms with Crippen LogP contribution in [-0.2, 0) is 10.0 Å². The predicted octanol–water partition coefficient (Wildman–Crippen LogP) is 2.56. The van der Waals surface area contributed by atoms with Crippen LogP contribution in [0.25, 0.3) is 0 Å². The molecule has 0 spiro atoms. The van der Waals surface area contributed by atoms with E-state index in [2.05, 4.69) is 12.3 Å². The highest BCUT2D eigenvalue weighted by molar-refractivity contribution is 7.89. The summed E-state index contributed by atoms with van der Waals surface area (Å²) in [5, 5.41) is 0. The zero-order chi connectivity index (χ0) is 15.2. The van der Waals surface area contributed by atoms with Crippen LogP contribution in [0.2, 0.25) is 0 Å². The topological polar surface area (TPSA) is 75.4 Å². The van der Waals surface area contributed by atoms with E-state index in [1.807, 2.05) is 13.8 Å². The molecular weight excluding hydrogens is 274 g/mol. The fourth-order valence-corrected chi connectivity index (χ4v) is 3.71. The predicted molar refractivity (Wildman–Crippen MR) is 82.8 cm³/mol. The normalized spacial score (nSPS) is 12.1. The van der Waals surface area contributed by atoms with Gasteiger partial charge in [-0.1, -0.05) is 19.8 Å². The summed E-state index contributed by atoms with van der Waals surface area (Å²) in [6.45, 7) is 6.47. The van der Waals surface area contributed by atoms with Crippen molar-refractivity contribution >= 4 is 15.7 Å². The first-order chi connectivity index (χ1) is 9.43. The lowest BCUT2D eigenvalue weighted by atomic mass is 10.2. The van der Waals surface area contributed by atoms with Crippen LogP contribution in [0.15, 0.2) is 29.2 Å². The first kappa shape index (κ1) is 16.9. The molecule has 3 N–H and O–H groups in total. The molecule has 0 saturated carbocycles. The fraction of sp³-hybridized carbons (Fsp3) is 0.571. The van der Waals surface area contributed by atoms with Crippen molar-refractivity contribution in [1.29, 1.82) is 0 Å². The number of hydrazine groups is 1.